The lowest BCUT2D eigenvalue weighted by molar-refractivity contribution is 1.06. The molecule has 0 atom stereocenters. The Morgan fingerprint density at radius 3 is 3.00 bits per heavy atom. The molecule has 2 rings (SSSR count). The second-order valence-corrected chi connectivity index (χ2v) is 2.86. The molecule has 2 heterocycles. The average molecular weight is 178 g/mol. The van der Waals surface area contributed by atoms with Gasteiger partial charge in [-0.2, -0.15) is 4.98 Å². The van der Waals surface area contributed by atoms with Crippen LogP contribution in [0.3, 0.4) is 0 Å². The van der Waals surface area contributed by atoms with Gasteiger partial charge >= 0.3 is 0 Å². The van der Waals surface area contributed by atoms with Crippen LogP contribution in [0.5, 0.6) is 0 Å². The summed E-state index contributed by atoms with van der Waals surface area (Å²) in [5, 5.41) is 0.561. The van der Waals surface area contributed by atoms with E-state index >= 15 is 0 Å². The number of nitrogen functional groups attached to an aromatic ring is 1. The summed E-state index contributed by atoms with van der Waals surface area (Å²) in [7, 11) is 0. The Hall–Kier alpha value is -1.78. The van der Waals surface area contributed by atoms with Crippen molar-refractivity contribution in [1.29, 1.82) is 0 Å². The van der Waals surface area contributed by atoms with Crippen LogP contribution >= 0.6 is 0 Å². The van der Waals surface area contributed by atoms with E-state index in [1.807, 2.05) is 6.92 Å². The maximum absolute atomic E-state index is 11.3. The van der Waals surface area contributed by atoms with Crippen molar-refractivity contribution < 1.29 is 0 Å². The van der Waals surface area contributed by atoms with E-state index in [-0.39, 0.29) is 11.5 Å². The second kappa shape index (κ2) is 2.62. The van der Waals surface area contributed by atoms with Gasteiger partial charge < -0.3 is 10.7 Å². The van der Waals surface area contributed by atoms with Gasteiger partial charge in [-0.1, -0.05) is 6.92 Å². The Morgan fingerprint density at radius 2 is 2.31 bits per heavy atom. The smallest absolute Gasteiger partial charge is 0.261 e. The highest BCUT2D eigenvalue weighted by molar-refractivity contribution is 5.76. The van der Waals surface area contributed by atoms with Gasteiger partial charge in [-0.15, -0.1) is 0 Å². The second-order valence-electron chi connectivity index (χ2n) is 2.86. The van der Waals surface area contributed by atoms with Crippen molar-refractivity contribution in [2.24, 2.45) is 0 Å². The fraction of sp³-hybridized carbons (Fsp3) is 0.250. The predicted molar refractivity (Wildman–Crippen MR) is 50.5 cm³/mol. The lowest BCUT2D eigenvalue weighted by Crippen LogP contribution is -2.09. The molecule has 2 aromatic heterocycles. The topological polar surface area (TPSA) is 87.6 Å². The molecular formula is C8H10N4O. The monoisotopic (exact) mass is 178 g/mol. The molecule has 0 aromatic carbocycles. The molecule has 0 aliphatic heterocycles. The van der Waals surface area contributed by atoms with Crippen molar-refractivity contribution in [3.05, 3.63) is 22.1 Å². The zero-order valence-corrected chi connectivity index (χ0v) is 7.22. The minimum absolute atomic E-state index is 0.141. The molecule has 4 N–H and O–H groups in total. The van der Waals surface area contributed by atoms with Gasteiger partial charge in [-0.25, -0.2) is 0 Å². The molecule has 2 aromatic rings. The largest absolute Gasteiger partial charge is 0.369 e. The van der Waals surface area contributed by atoms with Crippen LogP contribution in [0, 0.1) is 0 Å². The van der Waals surface area contributed by atoms with Crippen LogP contribution in [-0.4, -0.2) is 15.0 Å². The highest BCUT2D eigenvalue weighted by Gasteiger charge is 2.04. The maximum Gasteiger partial charge on any atom is 0.261 e. The van der Waals surface area contributed by atoms with Crippen molar-refractivity contribution in [3.63, 3.8) is 0 Å². The molecule has 0 aliphatic rings. The zero-order chi connectivity index (χ0) is 9.42. The van der Waals surface area contributed by atoms with Gasteiger partial charge in [0.2, 0.25) is 5.95 Å². The minimum Gasteiger partial charge on any atom is -0.369 e. The minimum atomic E-state index is -0.196. The number of aryl methyl sites for hydroxylation is 1. The SMILES string of the molecule is CCc1cc2c(=O)[nH]c(N)nc2[nH]1. The Balaban J connectivity index is 2.83. The van der Waals surface area contributed by atoms with E-state index in [4.69, 9.17) is 5.73 Å². The molecule has 0 amide bonds. The van der Waals surface area contributed by atoms with Gasteiger partial charge in [0.15, 0.2) is 0 Å². The van der Waals surface area contributed by atoms with Gasteiger partial charge in [0.05, 0.1) is 5.39 Å². The third kappa shape index (κ3) is 1.18. The number of anilines is 1. The fourth-order valence-electron chi connectivity index (χ4n) is 1.28. The number of hydrogen-bond acceptors (Lipinski definition) is 3. The first-order valence-corrected chi connectivity index (χ1v) is 4.08. The summed E-state index contributed by atoms with van der Waals surface area (Å²) in [5.74, 6) is 0.141. The highest BCUT2D eigenvalue weighted by Crippen LogP contribution is 2.09. The number of H-pyrrole nitrogens is 2. The molecule has 5 heteroatoms. The van der Waals surface area contributed by atoms with Gasteiger partial charge in [-0.3, -0.25) is 9.78 Å². The lowest BCUT2D eigenvalue weighted by atomic mass is 10.3. The summed E-state index contributed by atoms with van der Waals surface area (Å²) in [6.45, 7) is 2.00. The molecule has 0 fully saturated rings. The molecule has 0 aliphatic carbocycles. The van der Waals surface area contributed by atoms with Crippen LogP contribution < -0.4 is 11.3 Å². The standard InChI is InChI=1S/C8H10N4O/c1-2-4-3-5-6(10-4)11-8(9)12-7(5)13/h3H,2H2,1H3,(H4,9,10,11,12,13). The number of aromatic nitrogens is 3. The first-order valence-electron chi connectivity index (χ1n) is 4.08. The van der Waals surface area contributed by atoms with Crippen LogP contribution in [-0.2, 0) is 6.42 Å². The van der Waals surface area contributed by atoms with Crippen molar-refractivity contribution in [2.45, 2.75) is 13.3 Å². The molecular weight excluding hydrogens is 168 g/mol. The summed E-state index contributed by atoms with van der Waals surface area (Å²) in [6.07, 6.45) is 0.843. The number of nitrogens with one attached hydrogen (secondary N) is 2. The van der Waals surface area contributed by atoms with E-state index in [2.05, 4.69) is 15.0 Å². The van der Waals surface area contributed by atoms with Gasteiger partial charge in [0, 0.05) is 5.69 Å². The third-order valence-electron chi connectivity index (χ3n) is 1.95. The normalized spacial score (nSPS) is 10.8. The quantitative estimate of drug-likeness (QED) is 0.590. The van der Waals surface area contributed by atoms with E-state index in [0.29, 0.717) is 11.0 Å². The van der Waals surface area contributed by atoms with Crippen molar-refractivity contribution in [1.82, 2.24) is 15.0 Å². The van der Waals surface area contributed by atoms with E-state index in [0.717, 1.165) is 12.1 Å². The van der Waals surface area contributed by atoms with Crippen molar-refractivity contribution in [2.75, 3.05) is 5.73 Å². The Morgan fingerprint density at radius 1 is 1.54 bits per heavy atom. The number of nitrogens with zero attached hydrogens (tertiary/aromatic N) is 1. The zero-order valence-electron chi connectivity index (χ0n) is 7.22. The van der Waals surface area contributed by atoms with E-state index in [1.54, 1.807) is 6.07 Å². The molecule has 0 radical (unpaired) electrons. The molecule has 0 saturated heterocycles. The van der Waals surface area contributed by atoms with Crippen LogP contribution in [0.1, 0.15) is 12.6 Å². The van der Waals surface area contributed by atoms with E-state index in [1.165, 1.54) is 0 Å². The number of aromatic amines is 2. The number of nitrogens with two attached hydrogens (primary N) is 1. The average Bonchev–Trinajstić information content (AvgIpc) is 2.47. The van der Waals surface area contributed by atoms with Crippen LogP contribution in [0.4, 0.5) is 5.95 Å². The summed E-state index contributed by atoms with van der Waals surface area (Å²) < 4.78 is 0. The highest BCUT2D eigenvalue weighted by atomic mass is 16.1. The summed E-state index contributed by atoms with van der Waals surface area (Å²) in [5.41, 5.74) is 6.73. The molecule has 0 saturated carbocycles. The Labute approximate surface area is 74.0 Å². The van der Waals surface area contributed by atoms with Crippen LogP contribution in [0.2, 0.25) is 0 Å². The molecule has 0 spiro atoms. The molecule has 0 unspecified atom stereocenters. The number of rotatable bonds is 1. The lowest BCUT2D eigenvalue weighted by Gasteiger charge is -1.90. The predicted octanol–water partition coefficient (Wildman–Crippen LogP) is 0.396. The first-order chi connectivity index (χ1) is 6.20. The van der Waals surface area contributed by atoms with E-state index < -0.39 is 0 Å². The first kappa shape index (κ1) is 7.85. The molecule has 68 valence electrons. The fourth-order valence-corrected chi connectivity index (χ4v) is 1.28. The van der Waals surface area contributed by atoms with Crippen molar-refractivity contribution >= 4 is 17.0 Å². The third-order valence-corrected chi connectivity index (χ3v) is 1.95. The summed E-state index contributed by atoms with van der Waals surface area (Å²) >= 11 is 0. The summed E-state index contributed by atoms with van der Waals surface area (Å²) in [4.78, 5) is 20.8. The van der Waals surface area contributed by atoms with Gasteiger partial charge in [0.1, 0.15) is 5.65 Å². The van der Waals surface area contributed by atoms with Gasteiger partial charge in [0.25, 0.3) is 5.56 Å². The Bertz CT molecular complexity index is 496. The van der Waals surface area contributed by atoms with Crippen LogP contribution in [0.15, 0.2) is 10.9 Å². The molecule has 5 nitrogen and oxygen atoms in total. The van der Waals surface area contributed by atoms with Crippen LogP contribution in [0.25, 0.3) is 11.0 Å². The summed E-state index contributed by atoms with van der Waals surface area (Å²) in [6, 6.07) is 1.79. The van der Waals surface area contributed by atoms with Crippen molar-refractivity contribution in [3.8, 4) is 0 Å². The van der Waals surface area contributed by atoms with Gasteiger partial charge in [-0.05, 0) is 12.5 Å². The van der Waals surface area contributed by atoms with E-state index in [9.17, 15) is 4.79 Å². The number of hydrogen-bond donors (Lipinski definition) is 3. The Kier molecular flexibility index (Phi) is 1.58. The number of fused-ring (bicyclic) bond motifs is 1. The molecule has 13 heavy (non-hydrogen) atoms. The maximum atomic E-state index is 11.3. The molecule has 0 bridgehead atoms.